The number of hydrogen-bond donors (Lipinski definition) is 29. The number of pyridine rings is 1. The highest BCUT2D eigenvalue weighted by Gasteiger charge is 2.58. The molecule has 1 aromatic heterocycles. The number of benzene rings is 2. The van der Waals surface area contributed by atoms with Crippen molar-refractivity contribution < 1.29 is 127 Å². The lowest BCUT2D eigenvalue weighted by Crippen LogP contribution is -2.68. The van der Waals surface area contributed by atoms with Crippen molar-refractivity contribution in [3.05, 3.63) is 71.4 Å². The van der Waals surface area contributed by atoms with Crippen LogP contribution in [0.5, 0.6) is 0 Å². The monoisotopic (exact) mass is 2030 g/mol. The minimum atomic E-state index is -1.61. The van der Waals surface area contributed by atoms with E-state index in [0.717, 1.165) is 99.0 Å². The lowest BCUT2D eigenvalue weighted by Gasteiger charge is -2.47. The molecule has 41 N–H and O–H groups in total. The van der Waals surface area contributed by atoms with Crippen molar-refractivity contribution >= 4 is 98.5 Å². The Morgan fingerprint density at radius 1 is 0.445 bits per heavy atom. The number of rotatable bonds is 47. The van der Waals surface area contributed by atoms with E-state index in [1.165, 1.54) is 34.1 Å². The molecule has 14 unspecified atom stereocenters. The van der Waals surface area contributed by atoms with E-state index in [-0.39, 0.29) is 56.4 Å². The SMILES string of the molecule is CN1/C(=C/c2cc[n+](CCCCC(=O)NCCCCCN(CCCCNC(=S)NCCSC[C@H]3OC(O[C@@H]4C(O)[C@H](N)CC(N)[C@H]4O[C@@H]4OC(CN)[C@@H](O)[C@H](O)C4N)[C@@H](O)[C@H]3O[C@H]3O[C@@H](CN)[C@@H](O)C(O)C3N)CCCNC(=S)NCCSC[C@H]3OC(O[C@@H]4C(O)[C@H](N)CC(N)[C@H]4O[C@@H]4OC(CN)[C@@H](O)[C@H](O)C4N)[C@@H](O)[C@H]3O[C@H]3O[C@@H](CN)[C@@H](O)C(O)C3N)c3ccccc23)Sc2ccccc21. The van der Waals surface area contributed by atoms with Crippen LogP contribution in [0.1, 0.15) is 76.2 Å². The number of unbranched alkanes of at least 4 members (excludes halogenated alkanes) is 4. The van der Waals surface area contributed by atoms with E-state index in [1.807, 2.05) is 0 Å². The number of aliphatic hydroxyl groups excluding tert-OH is 12. The van der Waals surface area contributed by atoms with Gasteiger partial charge in [0.2, 0.25) is 11.4 Å². The molecule has 9 aliphatic rings. The van der Waals surface area contributed by atoms with Gasteiger partial charge in [-0.1, -0.05) is 42.4 Å². The number of nitrogens with zero attached hydrogens (tertiary/aromatic N) is 3. The van der Waals surface area contributed by atoms with Crippen LogP contribution in [0, 0.1) is 0 Å². The summed E-state index contributed by atoms with van der Waals surface area (Å²) in [5.41, 5.74) is 78.2. The molecule has 0 spiro atoms. The number of anilines is 1. The summed E-state index contributed by atoms with van der Waals surface area (Å²) in [6.07, 6.45) is -29.0. The second-order valence-electron chi connectivity index (χ2n) is 36.5. The average Bonchev–Trinajstić information content (AvgIpc) is 1.12. The van der Waals surface area contributed by atoms with Crippen LogP contribution in [0.25, 0.3) is 17.0 Å². The van der Waals surface area contributed by atoms with Gasteiger partial charge in [-0.15, -0.1) is 0 Å². The Hall–Kier alpha value is -4.19. The summed E-state index contributed by atoms with van der Waals surface area (Å²) in [6, 6.07) is 10.2. The highest BCUT2D eigenvalue weighted by atomic mass is 32.2. The van der Waals surface area contributed by atoms with Gasteiger partial charge in [-0.3, -0.25) is 4.79 Å². The van der Waals surface area contributed by atoms with Gasteiger partial charge in [-0.2, -0.15) is 28.1 Å². The first-order valence-corrected chi connectivity index (χ1v) is 51.4. The second-order valence-corrected chi connectivity index (χ2v) is 40.7. The average molecular weight is 2040 g/mol. The summed E-state index contributed by atoms with van der Waals surface area (Å²) in [7, 11) is 2.10. The number of ether oxygens (including phenoxy) is 12. The smallest absolute Gasteiger partial charge is 0.219 e. The number of nitrogens with two attached hydrogens (primary N) is 12. The van der Waals surface area contributed by atoms with Gasteiger partial charge in [0.05, 0.1) is 64.7 Å². The number of carbonyl (C=O) groups is 1. The molecule has 0 bridgehead atoms. The fourth-order valence-electron chi connectivity index (χ4n) is 18.5. The number of hydrogen-bond acceptors (Lipinski definition) is 44. The molecule has 6 saturated heterocycles. The third kappa shape index (κ3) is 28.8. The number of fused-ring (bicyclic) bond motifs is 2. The zero-order chi connectivity index (χ0) is 98.6. The van der Waals surface area contributed by atoms with Crippen molar-refractivity contribution in [1.82, 2.24) is 31.5 Å². The molecule has 45 nitrogen and oxygen atoms in total. The minimum absolute atomic E-state index is 0.0316. The van der Waals surface area contributed by atoms with Crippen LogP contribution in [0.15, 0.2) is 70.7 Å². The molecule has 1 amide bonds. The molecular formula is C87H149N20O25S5+. The van der Waals surface area contributed by atoms with Gasteiger partial charge in [-0.25, -0.2) is 0 Å². The molecule has 12 rings (SSSR count). The zero-order valence-electron chi connectivity index (χ0n) is 77.1. The first kappa shape index (κ1) is 112. The Labute approximate surface area is 821 Å². The predicted molar refractivity (Wildman–Crippen MR) is 518 cm³/mol. The maximum atomic E-state index is 13.2. The third-order valence-corrected chi connectivity index (χ3v) is 30.5. The van der Waals surface area contributed by atoms with E-state index < -0.39 is 233 Å². The Morgan fingerprint density at radius 2 is 0.839 bits per heavy atom. The zero-order valence-corrected chi connectivity index (χ0v) is 81.2. The highest BCUT2D eigenvalue weighted by Crippen LogP contribution is 2.46. The standard InChI is InChI=1S/C87H148N20O25S5/c1-105-48-16-5-6-17-55(48)137-57(105)32-41-19-29-107(47-15-4-3-14-42(41)47)28-11-7-18-56(108)100-20-8-2-10-25-106(27-13-22-102-87(134)104-24-31-136-40-54-77(130-83-61(99)71(118)67(114)52(38-91)124-83)73(120)85(126-54)132-79-63(110)44(93)34-46(95)75(79)128-81-59(97)69(116)65(112)50(36-89)122-81)26-12-9-21-101-86(133)103-23-30-135-39-53-76(129-82-60(98)70(117)66(113)51(37-90)123-82)72(119)84(125-53)131-78-62(109)43(92)33-45(94)74(78)127-80-58(96)68(115)64(111)49(35-88)121-80/h3-6,14-17,19,29,32,43-46,49-54,58-85,109-120H,2,7-13,18,20-28,30-31,33-40,88-99H2,1H3,(H4-,100,101,102,103,104,108,133,134)/p+1/t43-,44-,45?,46?,49?,50?,51+,52+,53-,54-,58?,59?,60?,61?,62?,63?,64-,65-,66-,67-,68-,69-,70?,71?,72+,73+,74-,75-,76+,77+,78-,79-,80+,81+,82-,83-,84?,85?/m1/s1. The first-order valence-electron chi connectivity index (χ1n) is 47.4. The Bertz CT molecular complexity index is 4240. The van der Waals surface area contributed by atoms with E-state index in [4.69, 9.17) is 150 Å². The lowest BCUT2D eigenvalue weighted by atomic mass is 9.84. The summed E-state index contributed by atoms with van der Waals surface area (Å²) >= 11 is 16.1. The van der Waals surface area contributed by atoms with Gasteiger partial charge in [0.15, 0.2) is 54.2 Å². The summed E-state index contributed by atoms with van der Waals surface area (Å²) in [4.78, 5) is 19.1. The Morgan fingerprint density at radius 3 is 1.31 bits per heavy atom. The Balaban J connectivity index is 0.608. The normalized spacial score (nSPS) is 38.3. The fraction of sp³-hybridized carbons (Fsp3) is 0.770. The molecular weight excluding hydrogens is 1890 g/mol. The molecule has 2 saturated carbocycles. The van der Waals surface area contributed by atoms with Gasteiger partial charge in [-0.05, 0) is 125 Å². The number of thiocarbonyl (C=S) groups is 2. The van der Waals surface area contributed by atoms with Gasteiger partial charge in [0.1, 0.15) is 129 Å². The van der Waals surface area contributed by atoms with Gasteiger partial charge in [0, 0.05) is 143 Å². The molecule has 8 fully saturated rings. The molecule has 7 aliphatic heterocycles. The van der Waals surface area contributed by atoms with Crippen molar-refractivity contribution in [1.29, 1.82) is 0 Å². The van der Waals surface area contributed by atoms with Crippen LogP contribution < -0.4 is 105 Å². The summed E-state index contributed by atoms with van der Waals surface area (Å²) < 4.78 is 76.5. The number of nitrogens with one attached hydrogen (secondary N) is 5. The maximum Gasteiger partial charge on any atom is 0.219 e. The van der Waals surface area contributed by atoms with Crippen molar-refractivity contribution in [2.45, 2.75) is 315 Å². The number of aryl methyl sites for hydroxylation is 1. The number of carbonyl (C=O) groups excluding carboxylic acids is 1. The number of aliphatic hydroxyl groups is 12. The summed E-state index contributed by atoms with van der Waals surface area (Å²) in [6.45, 7) is 4.82. The molecule has 3 aromatic rings. The highest BCUT2D eigenvalue weighted by molar-refractivity contribution is 8.04. The van der Waals surface area contributed by atoms with Crippen LogP contribution in [-0.4, -0.2) is 423 Å². The van der Waals surface area contributed by atoms with E-state index >= 15 is 0 Å². The lowest BCUT2D eigenvalue weighted by molar-refractivity contribution is -0.671. The Kier molecular flexibility index (Phi) is 43.8. The minimum Gasteiger partial charge on any atom is -0.389 e. The van der Waals surface area contributed by atoms with Gasteiger partial charge >= 0.3 is 0 Å². The van der Waals surface area contributed by atoms with E-state index in [2.05, 4.69) is 115 Å². The van der Waals surface area contributed by atoms with Crippen molar-refractivity contribution in [3.63, 3.8) is 0 Å². The van der Waals surface area contributed by atoms with Gasteiger partial charge in [0.25, 0.3) is 0 Å². The van der Waals surface area contributed by atoms with E-state index in [0.29, 0.717) is 60.9 Å². The molecule has 2 aromatic carbocycles. The summed E-state index contributed by atoms with van der Waals surface area (Å²) in [5.74, 6) is 1.33. The van der Waals surface area contributed by atoms with E-state index in [9.17, 15) is 66.1 Å². The number of aromatic nitrogens is 1. The van der Waals surface area contributed by atoms with Crippen molar-refractivity contribution in [2.24, 2.45) is 68.8 Å². The van der Waals surface area contributed by atoms with Crippen LogP contribution in [0.4, 0.5) is 5.69 Å². The predicted octanol–water partition coefficient (Wildman–Crippen LogP) is -9.76. The second kappa shape index (κ2) is 53.8. The molecule has 0 radical (unpaired) electrons. The molecule has 8 heterocycles. The number of para-hydroxylation sites is 2. The third-order valence-electron chi connectivity index (χ3n) is 26.7. The maximum absolute atomic E-state index is 13.2. The quantitative estimate of drug-likeness (QED) is 0.0142. The molecule has 776 valence electrons. The fourth-order valence-corrected chi connectivity index (χ4v) is 21.8. The van der Waals surface area contributed by atoms with Crippen LogP contribution in [0.3, 0.4) is 0 Å². The van der Waals surface area contributed by atoms with E-state index in [1.54, 1.807) is 11.8 Å². The topological polar surface area (TPSA) is 753 Å². The number of thioether (sulfide) groups is 3. The molecule has 137 heavy (non-hydrogen) atoms. The van der Waals surface area contributed by atoms with Gasteiger partial charge < -0.3 is 223 Å². The molecule has 50 heteroatoms. The van der Waals surface area contributed by atoms with Crippen molar-refractivity contribution in [3.8, 4) is 0 Å². The van der Waals surface area contributed by atoms with Crippen LogP contribution >= 0.6 is 59.7 Å². The summed E-state index contributed by atoms with van der Waals surface area (Å²) in [5, 5.41) is 153. The molecule has 2 aliphatic carbocycles. The van der Waals surface area contributed by atoms with Crippen LogP contribution in [-0.2, 0) is 68.2 Å². The molecule has 38 atom stereocenters. The van der Waals surface area contributed by atoms with Crippen molar-refractivity contribution in [2.75, 3.05) is 113 Å². The van der Waals surface area contributed by atoms with Crippen LogP contribution in [0.2, 0.25) is 0 Å². The number of amides is 1. The first-order chi connectivity index (χ1) is 65.7. The largest absolute Gasteiger partial charge is 0.389 e.